The van der Waals surface area contributed by atoms with Crippen LogP contribution in [-0.4, -0.2) is 47.9 Å². The van der Waals surface area contributed by atoms with Crippen molar-refractivity contribution < 1.29 is 46.6 Å². The molecule has 0 aliphatic heterocycles. The Bertz CT molecular complexity index is 1060. The number of alkyl halides is 2. The lowest BCUT2D eigenvalue weighted by Crippen LogP contribution is -2.50. The van der Waals surface area contributed by atoms with Gasteiger partial charge in [0.1, 0.15) is 12.1 Å². The molecule has 2 N–H and O–H groups in total. The molecule has 0 saturated carbocycles. The molecule has 0 saturated heterocycles. The van der Waals surface area contributed by atoms with Crippen LogP contribution in [-0.2, 0) is 39.2 Å². The number of carboxylic acids is 1. The van der Waals surface area contributed by atoms with Crippen molar-refractivity contribution in [2.24, 2.45) is 0 Å². The summed E-state index contributed by atoms with van der Waals surface area (Å²) < 4.78 is 56.7. The van der Waals surface area contributed by atoms with Crippen LogP contribution < -0.4 is 5.32 Å². The first-order valence-corrected chi connectivity index (χ1v) is 12.7. The van der Waals surface area contributed by atoms with Gasteiger partial charge in [-0.15, -0.1) is 0 Å². The number of halogens is 2. The van der Waals surface area contributed by atoms with Crippen LogP contribution in [0, 0.1) is 0 Å². The van der Waals surface area contributed by atoms with Gasteiger partial charge < -0.3 is 24.2 Å². The Hall–Kier alpha value is -3.14. The van der Waals surface area contributed by atoms with Gasteiger partial charge in [0.15, 0.2) is 0 Å². The Morgan fingerprint density at radius 3 is 2.00 bits per heavy atom. The topological polar surface area (TPSA) is 128 Å². The van der Waals surface area contributed by atoms with Gasteiger partial charge in [-0.2, -0.15) is 8.78 Å². The molecular weight excluding hydrogens is 499 g/mol. The van der Waals surface area contributed by atoms with E-state index in [1.807, 2.05) is 0 Å². The Labute approximate surface area is 207 Å². The predicted octanol–water partition coefficient (Wildman–Crippen LogP) is 4.33. The van der Waals surface area contributed by atoms with Gasteiger partial charge in [-0.1, -0.05) is 60.7 Å². The molecule has 2 aromatic carbocycles. The Kier molecular flexibility index (Phi) is 10.7. The number of rotatable bonds is 14. The van der Waals surface area contributed by atoms with E-state index in [1.165, 1.54) is 13.8 Å². The molecule has 2 rings (SSSR count). The van der Waals surface area contributed by atoms with Gasteiger partial charge >= 0.3 is 31.1 Å². The third-order valence-electron chi connectivity index (χ3n) is 4.88. The number of esters is 1. The maximum Gasteiger partial charge on any atom is 0.421 e. The van der Waals surface area contributed by atoms with E-state index in [0.29, 0.717) is 5.56 Å². The summed E-state index contributed by atoms with van der Waals surface area (Å²) in [4.78, 5) is 36.7. The van der Waals surface area contributed by atoms with Crippen LogP contribution in [0.15, 0.2) is 60.7 Å². The Balaban J connectivity index is 2.29. The van der Waals surface area contributed by atoms with Crippen molar-refractivity contribution in [1.82, 2.24) is 5.32 Å². The minimum atomic E-state index is -5.27. The fourth-order valence-electron chi connectivity index (χ4n) is 3.22. The highest BCUT2D eigenvalue weighted by molar-refractivity contribution is 7.56. The van der Waals surface area contributed by atoms with Gasteiger partial charge in [0.2, 0.25) is 0 Å². The molecule has 2 aromatic rings. The standard InChI is InChI=1S/C24H28F2NO8P/c1-3-33-36(32,34-4-2)24(25,26)23(31)27-19(16-21(28)29)22(30)35-20(18-13-9-6-10-14-18)15-17-11-7-5-8-12-17/h5-14,19-20H,3-4,15-16H2,1-2H3,(H,27,31)(H,28,29). The number of aliphatic carboxylic acids is 1. The molecule has 0 bridgehead atoms. The van der Waals surface area contributed by atoms with Gasteiger partial charge in [0.25, 0.3) is 0 Å². The van der Waals surface area contributed by atoms with Gasteiger partial charge in [-0.25, -0.2) is 4.79 Å². The molecule has 9 nitrogen and oxygen atoms in total. The van der Waals surface area contributed by atoms with Crippen LogP contribution in [0.5, 0.6) is 0 Å². The number of nitrogens with one attached hydrogen (secondary N) is 1. The molecule has 0 aliphatic rings. The highest BCUT2D eigenvalue weighted by Crippen LogP contribution is 2.61. The summed E-state index contributed by atoms with van der Waals surface area (Å²) in [6, 6.07) is 15.5. The molecule has 0 aromatic heterocycles. The van der Waals surface area contributed by atoms with Crippen molar-refractivity contribution >= 4 is 25.4 Å². The summed E-state index contributed by atoms with van der Waals surface area (Å²) in [6.45, 7) is 1.67. The third kappa shape index (κ3) is 7.68. The number of amides is 1. The fourth-order valence-corrected chi connectivity index (χ4v) is 4.61. The number of carbonyl (C=O) groups excluding carboxylic acids is 2. The molecule has 0 fully saturated rings. The average Bonchev–Trinajstić information content (AvgIpc) is 2.84. The third-order valence-corrected chi connectivity index (χ3v) is 6.96. The lowest BCUT2D eigenvalue weighted by atomic mass is 10.0. The minimum Gasteiger partial charge on any atom is -0.481 e. The fraction of sp³-hybridized carbons (Fsp3) is 0.375. The van der Waals surface area contributed by atoms with Gasteiger partial charge in [-0.05, 0) is 25.0 Å². The van der Waals surface area contributed by atoms with Crippen molar-refractivity contribution in [2.45, 2.75) is 44.5 Å². The molecule has 2 unspecified atom stereocenters. The van der Waals surface area contributed by atoms with Crippen molar-refractivity contribution in [2.75, 3.05) is 13.2 Å². The molecule has 0 heterocycles. The SMILES string of the molecule is CCOP(=O)(OCC)C(F)(F)C(=O)NC(CC(=O)O)C(=O)OC(Cc1ccccc1)c1ccccc1. The number of ether oxygens (including phenoxy) is 1. The van der Waals surface area contributed by atoms with Crippen LogP contribution in [0.25, 0.3) is 0 Å². The quantitative estimate of drug-likeness (QED) is 0.275. The number of benzene rings is 2. The molecule has 2 atom stereocenters. The molecule has 196 valence electrons. The maximum absolute atomic E-state index is 14.8. The van der Waals surface area contributed by atoms with Crippen molar-refractivity contribution in [3.8, 4) is 0 Å². The van der Waals surface area contributed by atoms with E-state index < -0.39 is 62.9 Å². The first kappa shape index (κ1) is 29.1. The van der Waals surface area contributed by atoms with Gasteiger partial charge in [0.05, 0.1) is 19.6 Å². The highest BCUT2D eigenvalue weighted by atomic mass is 31.2. The number of hydrogen-bond acceptors (Lipinski definition) is 7. The summed E-state index contributed by atoms with van der Waals surface area (Å²) in [6.07, 6.45) is -1.77. The van der Waals surface area contributed by atoms with Crippen LogP contribution in [0.3, 0.4) is 0 Å². The second kappa shape index (κ2) is 13.2. The minimum absolute atomic E-state index is 0.199. The van der Waals surface area contributed by atoms with Crippen molar-refractivity contribution in [3.05, 3.63) is 71.8 Å². The lowest BCUT2D eigenvalue weighted by Gasteiger charge is -2.27. The summed E-state index contributed by atoms with van der Waals surface area (Å²) in [5.74, 6) is -5.00. The van der Waals surface area contributed by atoms with Gasteiger partial charge in [0, 0.05) is 6.42 Å². The van der Waals surface area contributed by atoms with E-state index in [9.17, 15) is 32.8 Å². The van der Waals surface area contributed by atoms with Gasteiger partial charge in [-0.3, -0.25) is 14.2 Å². The van der Waals surface area contributed by atoms with Crippen LogP contribution in [0.2, 0.25) is 0 Å². The molecular formula is C24H28F2NO8P. The first-order chi connectivity index (χ1) is 17.0. The van der Waals surface area contributed by atoms with E-state index >= 15 is 0 Å². The second-order valence-electron chi connectivity index (χ2n) is 7.52. The molecule has 0 aliphatic carbocycles. The highest BCUT2D eigenvalue weighted by Gasteiger charge is 2.60. The van der Waals surface area contributed by atoms with Crippen LogP contribution in [0.1, 0.15) is 37.5 Å². The largest absolute Gasteiger partial charge is 0.481 e. The number of hydrogen-bond donors (Lipinski definition) is 2. The van der Waals surface area contributed by atoms with Crippen LogP contribution in [0.4, 0.5) is 8.78 Å². The molecule has 0 spiro atoms. The molecule has 12 heteroatoms. The monoisotopic (exact) mass is 527 g/mol. The molecule has 1 amide bonds. The van der Waals surface area contributed by atoms with E-state index in [1.54, 1.807) is 66.0 Å². The lowest BCUT2D eigenvalue weighted by molar-refractivity contribution is -0.158. The summed E-state index contributed by atoms with van der Waals surface area (Å²) in [7, 11) is -5.27. The Morgan fingerprint density at radius 2 is 1.50 bits per heavy atom. The zero-order valence-corrected chi connectivity index (χ0v) is 20.7. The molecule has 0 radical (unpaired) electrons. The first-order valence-electron chi connectivity index (χ1n) is 11.1. The zero-order chi connectivity index (χ0) is 26.8. The normalized spacial score (nSPS) is 13.4. The number of carboxylic acid groups (broad SMARTS) is 1. The molecule has 36 heavy (non-hydrogen) atoms. The van der Waals surface area contributed by atoms with Crippen molar-refractivity contribution in [1.29, 1.82) is 0 Å². The van der Waals surface area contributed by atoms with E-state index in [-0.39, 0.29) is 6.42 Å². The maximum atomic E-state index is 14.8. The average molecular weight is 527 g/mol. The van der Waals surface area contributed by atoms with E-state index in [0.717, 1.165) is 5.56 Å². The summed E-state index contributed by atoms with van der Waals surface area (Å²) in [5.41, 5.74) is -3.34. The van der Waals surface area contributed by atoms with E-state index in [4.69, 9.17) is 4.74 Å². The Morgan fingerprint density at radius 1 is 0.972 bits per heavy atom. The second-order valence-corrected chi connectivity index (χ2v) is 9.60. The zero-order valence-electron chi connectivity index (χ0n) is 19.8. The summed E-state index contributed by atoms with van der Waals surface area (Å²) in [5, 5.41) is 10.9. The van der Waals surface area contributed by atoms with Crippen LogP contribution >= 0.6 is 7.60 Å². The predicted molar refractivity (Wildman–Crippen MR) is 125 cm³/mol. The smallest absolute Gasteiger partial charge is 0.421 e. The number of carbonyl (C=O) groups is 3. The van der Waals surface area contributed by atoms with E-state index in [2.05, 4.69) is 9.05 Å². The summed E-state index contributed by atoms with van der Waals surface area (Å²) >= 11 is 0. The van der Waals surface area contributed by atoms with Crippen molar-refractivity contribution in [3.63, 3.8) is 0 Å².